The summed E-state index contributed by atoms with van der Waals surface area (Å²) in [4.78, 5) is 10.8. The van der Waals surface area contributed by atoms with Crippen molar-refractivity contribution in [2.45, 2.75) is 13.3 Å². The topological polar surface area (TPSA) is 99.2 Å². The summed E-state index contributed by atoms with van der Waals surface area (Å²) in [6.45, 7) is 1.85. The van der Waals surface area contributed by atoms with E-state index in [1.54, 1.807) is 24.3 Å². The van der Waals surface area contributed by atoms with Crippen molar-refractivity contribution >= 4 is 11.8 Å². The number of nitrogens with zero attached hydrogens (tertiary/aromatic N) is 2. The van der Waals surface area contributed by atoms with Crippen molar-refractivity contribution in [2.75, 3.05) is 5.32 Å². The molecule has 0 atom stereocenters. The highest BCUT2D eigenvalue weighted by Crippen LogP contribution is 2.31. The van der Waals surface area contributed by atoms with Crippen LogP contribution in [0.2, 0.25) is 0 Å². The van der Waals surface area contributed by atoms with Gasteiger partial charge in [-0.05, 0) is 30.7 Å². The largest absolute Gasteiger partial charge is 0.465 e. The lowest BCUT2D eigenvalue weighted by Crippen LogP contribution is -2.09. The summed E-state index contributed by atoms with van der Waals surface area (Å²) in [6.07, 6.45) is -0.622. The molecule has 0 fully saturated rings. The van der Waals surface area contributed by atoms with Crippen LogP contribution in [0, 0.1) is 11.3 Å². The fourth-order valence-corrected chi connectivity index (χ4v) is 1.69. The van der Waals surface area contributed by atoms with E-state index in [2.05, 4.69) is 10.5 Å². The van der Waals surface area contributed by atoms with Gasteiger partial charge in [-0.1, -0.05) is 12.1 Å². The minimum absolute atomic E-state index is 0.347. The maximum Gasteiger partial charge on any atom is 0.409 e. The van der Waals surface area contributed by atoms with Crippen molar-refractivity contribution in [1.29, 1.82) is 5.26 Å². The van der Waals surface area contributed by atoms with Gasteiger partial charge in [0.05, 0.1) is 11.6 Å². The molecule has 1 heterocycles. The molecule has 6 nitrogen and oxygen atoms in total. The van der Waals surface area contributed by atoms with Gasteiger partial charge in [-0.3, -0.25) is 5.32 Å². The van der Waals surface area contributed by atoms with Crippen molar-refractivity contribution in [3.05, 3.63) is 35.5 Å². The van der Waals surface area contributed by atoms with Crippen LogP contribution in [0.1, 0.15) is 18.2 Å². The third-order valence-electron chi connectivity index (χ3n) is 2.61. The minimum atomic E-state index is -1.17. The summed E-state index contributed by atoms with van der Waals surface area (Å²) >= 11 is 0. The van der Waals surface area contributed by atoms with E-state index in [1.165, 1.54) is 0 Å². The zero-order valence-corrected chi connectivity index (χ0v) is 10.2. The van der Waals surface area contributed by atoms with Crippen LogP contribution in [0.4, 0.5) is 10.5 Å². The normalized spacial score (nSPS) is 9.89. The molecule has 0 saturated carbocycles. The number of nitriles is 1. The molecule has 0 spiro atoms. The summed E-state index contributed by atoms with van der Waals surface area (Å²) in [5.41, 5.74) is 2.07. The molecule has 19 heavy (non-hydrogen) atoms. The van der Waals surface area contributed by atoms with Gasteiger partial charge in [-0.25, -0.2) is 4.79 Å². The van der Waals surface area contributed by atoms with Gasteiger partial charge in [-0.2, -0.15) is 5.26 Å². The maximum atomic E-state index is 10.8. The minimum Gasteiger partial charge on any atom is -0.465 e. The van der Waals surface area contributed by atoms with Gasteiger partial charge in [0.25, 0.3) is 0 Å². The van der Waals surface area contributed by atoms with Gasteiger partial charge in [0.1, 0.15) is 11.4 Å². The Labute approximate surface area is 109 Å². The number of aryl methyl sites for hydroxylation is 1. The van der Waals surface area contributed by atoms with E-state index in [4.69, 9.17) is 14.9 Å². The number of hydrogen-bond donors (Lipinski definition) is 2. The van der Waals surface area contributed by atoms with Crippen molar-refractivity contribution in [2.24, 2.45) is 0 Å². The second kappa shape index (κ2) is 5.23. The number of carbonyl (C=O) groups is 1. The molecule has 2 N–H and O–H groups in total. The van der Waals surface area contributed by atoms with Crippen molar-refractivity contribution < 1.29 is 14.4 Å². The molecule has 0 unspecified atom stereocenters. The number of aromatic nitrogens is 1. The lowest BCUT2D eigenvalue weighted by atomic mass is 10.1. The molecule has 1 aromatic heterocycles. The van der Waals surface area contributed by atoms with E-state index >= 15 is 0 Å². The first kappa shape index (κ1) is 12.6. The van der Waals surface area contributed by atoms with Gasteiger partial charge in [0, 0.05) is 5.56 Å². The Morgan fingerprint density at radius 3 is 2.68 bits per heavy atom. The molecule has 2 rings (SSSR count). The molecule has 0 aliphatic heterocycles. The average Bonchev–Trinajstić information content (AvgIpc) is 2.81. The van der Waals surface area contributed by atoms with Crippen LogP contribution in [-0.4, -0.2) is 16.4 Å². The Morgan fingerprint density at radius 1 is 1.47 bits per heavy atom. The molecule has 0 radical (unpaired) electrons. The summed E-state index contributed by atoms with van der Waals surface area (Å²) in [5, 5.41) is 23.7. The molecule has 0 aliphatic carbocycles. The fourth-order valence-electron chi connectivity index (χ4n) is 1.69. The monoisotopic (exact) mass is 257 g/mol. The lowest BCUT2D eigenvalue weighted by molar-refractivity contribution is 0.209. The number of anilines is 1. The van der Waals surface area contributed by atoms with E-state index in [0.29, 0.717) is 34.7 Å². The van der Waals surface area contributed by atoms with Gasteiger partial charge in [-0.15, -0.1) is 0 Å². The predicted molar refractivity (Wildman–Crippen MR) is 67.7 cm³/mol. The van der Waals surface area contributed by atoms with E-state index in [1.807, 2.05) is 13.0 Å². The standard InChI is InChI=1S/C13H11N3O3/c1-2-10-11(15-13(17)18)12(19-16-10)9-5-3-8(7-14)4-6-9/h3-6,15H,2H2,1H3,(H,17,18). The molecule has 0 bridgehead atoms. The highest BCUT2D eigenvalue weighted by Gasteiger charge is 2.18. The second-order valence-corrected chi connectivity index (χ2v) is 3.81. The summed E-state index contributed by atoms with van der Waals surface area (Å²) in [6, 6.07) is 8.65. The highest BCUT2D eigenvalue weighted by atomic mass is 16.5. The highest BCUT2D eigenvalue weighted by molar-refractivity contribution is 5.89. The van der Waals surface area contributed by atoms with Crippen LogP contribution in [0.5, 0.6) is 0 Å². The number of hydrogen-bond acceptors (Lipinski definition) is 4. The molecule has 96 valence electrons. The molecule has 1 aromatic carbocycles. The zero-order valence-electron chi connectivity index (χ0n) is 10.2. The van der Waals surface area contributed by atoms with Gasteiger partial charge < -0.3 is 9.63 Å². The number of amides is 1. The Balaban J connectivity index is 2.46. The average molecular weight is 257 g/mol. The first-order valence-corrected chi connectivity index (χ1v) is 5.64. The van der Waals surface area contributed by atoms with Crippen molar-refractivity contribution in [3.63, 3.8) is 0 Å². The number of carboxylic acid groups (broad SMARTS) is 1. The van der Waals surface area contributed by atoms with Crippen LogP contribution >= 0.6 is 0 Å². The van der Waals surface area contributed by atoms with Crippen LogP contribution in [0.3, 0.4) is 0 Å². The first-order valence-electron chi connectivity index (χ1n) is 5.64. The van der Waals surface area contributed by atoms with E-state index in [0.717, 1.165) is 0 Å². The second-order valence-electron chi connectivity index (χ2n) is 3.81. The Morgan fingerprint density at radius 2 is 2.16 bits per heavy atom. The first-order chi connectivity index (χ1) is 9.15. The van der Waals surface area contributed by atoms with Gasteiger partial charge in [0.2, 0.25) is 0 Å². The van der Waals surface area contributed by atoms with Crippen LogP contribution in [0.25, 0.3) is 11.3 Å². The quantitative estimate of drug-likeness (QED) is 0.880. The van der Waals surface area contributed by atoms with Gasteiger partial charge in [0.15, 0.2) is 5.76 Å². The summed E-state index contributed by atoms with van der Waals surface area (Å²) in [7, 11) is 0. The Kier molecular flexibility index (Phi) is 3.48. The Bertz CT molecular complexity index is 638. The van der Waals surface area contributed by atoms with E-state index in [-0.39, 0.29) is 0 Å². The number of nitrogens with one attached hydrogen (secondary N) is 1. The molecule has 0 saturated heterocycles. The number of benzene rings is 1. The van der Waals surface area contributed by atoms with E-state index < -0.39 is 6.09 Å². The maximum absolute atomic E-state index is 10.8. The van der Waals surface area contributed by atoms with Crippen molar-refractivity contribution in [1.82, 2.24) is 5.16 Å². The van der Waals surface area contributed by atoms with Crippen LogP contribution in [0.15, 0.2) is 28.8 Å². The molecule has 0 aliphatic rings. The number of rotatable bonds is 3. The van der Waals surface area contributed by atoms with Crippen LogP contribution < -0.4 is 5.32 Å². The smallest absolute Gasteiger partial charge is 0.409 e. The molecule has 1 amide bonds. The van der Waals surface area contributed by atoms with Crippen LogP contribution in [-0.2, 0) is 6.42 Å². The Hall–Kier alpha value is -2.81. The fraction of sp³-hybridized carbons (Fsp3) is 0.154. The lowest BCUT2D eigenvalue weighted by Gasteiger charge is -2.02. The summed E-state index contributed by atoms with van der Waals surface area (Å²) < 4.78 is 5.19. The summed E-state index contributed by atoms with van der Waals surface area (Å²) in [5.74, 6) is 0.351. The predicted octanol–water partition coefficient (Wildman–Crippen LogP) is 2.87. The van der Waals surface area contributed by atoms with Gasteiger partial charge >= 0.3 is 6.09 Å². The SMILES string of the molecule is CCc1noc(-c2ccc(C#N)cc2)c1NC(=O)O. The molecule has 6 heteroatoms. The molecule has 2 aromatic rings. The third-order valence-corrected chi connectivity index (χ3v) is 2.61. The third kappa shape index (κ3) is 2.55. The molecular weight excluding hydrogens is 246 g/mol. The van der Waals surface area contributed by atoms with E-state index in [9.17, 15) is 4.79 Å². The molecular formula is C13H11N3O3. The van der Waals surface area contributed by atoms with Crippen molar-refractivity contribution in [3.8, 4) is 17.4 Å². The zero-order chi connectivity index (χ0) is 13.8.